The van der Waals surface area contributed by atoms with Crippen molar-refractivity contribution in [3.63, 3.8) is 0 Å². The quantitative estimate of drug-likeness (QED) is 0.353. The van der Waals surface area contributed by atoms with Crippen molar-refractivity contribution in [1.29, 1.82) is 0 Å². The Hall–Kier alpha value is -3.25. The maximum Gasteiger partial charge on any atom is 0.169 e. The van der Waals surface area contributed by atoms with Crippen molar-refractivity contribution in [3.8, 4) is 5.75 Å². The van der Waals surface area contributed by atoms with E-state index in [-0.39, 0.29) is 0 Å². The highest BCUT2D eigenvalue weighted by Gasteiger charge is 2.12. The van der Waals surface area contributed by atoms with Crippen molar-refractivity contribution in [2.24, 2.45) is 0 Å². The minimum absolute atomic E-state index is 0.585. The van der Waals surface area contributed by atoms with Gasteiger partial charge in [0, 0.05) is 0 Å². The second-order valence-corrected chi connectivity index (χ2v) is 8.13. The van der Waals surface area contributed by atoms with Crippen LogP contribution in [-0.2, 0) is 12.3 Å². The topological polar surface area (TPSA) is 55.7 Å². The Bertz CT molecular complexity index is 1260. The summed E-state index contributed by atoms with van der Waals surface area (Å²) in [5.41, 5.74) is 5.41. The molecule has 0 saturated heterocycles. The first-order valence-corrected chi connectivity index (χ1v) is 11.0. The molecule has 3 aromatic carbocycles. The van der Waals surface area contributed by atoms with E-state index >= 15 is 0 Å². The van der Waals surface area contributed by atoms with Gasteiger partial charge in [-0.3, -0.25) is 0 Å². The molecule has 1 N–H and O–H groups in total. The number of thioether (sulfide) groups is 1. The Morgan fingerprint density at radius 3 is 2.50 bits per heavy atom. The monoisotopic (exact) mass is 414 g/mol. The zero-order valence-corrected chi connectivity index (χ0v) is 17.5. The molecule has 0 unspecified atom stereocenters. The predicted octanol–water partition coefficient (Wildman–Crippen LogP) is 5.59. The third kappa shape index (κ3) is 3.91. The molecule has 2 heterocycles. The van der Waals surface area contributed by atoms with Gasteiger partial charge in [-0.1, -0.05) is 53.7 Å². The molecule has 0 fully saturated rings. The molecular formula is C24H22N4OS. The molecule has 0 aliphatic heterocycles. The number of hydrogen-bond donors (Lipinski definition) is 1. The highest BCUT2D eigenvalue weighted by Crippen LogP contribution is 2.27. The van der Waals surface area contributed by atoms with Crippen molar-refractivity contribution in [1.82, 2.24) is 19.5 Å². The van der Waals surface area contributed by atoms with E-state index in [1.165, 1.54) is 5.56 Å². The van der Waals surface area contributed by atoms with Gasteiger partial charge in [-0.15, -0.1) is 0 Å². The average Bonchev–Trinajstić information content (AvgIpc) is 3.34. The number of benzene rings is 3. The van der Waals surface area contributed by atoms with E-state index in [9.17, 15) is 0 Å². The van der Waals surface area contributed by atoms with Crippen LogP contribution in [0.25, 0.3) is 22.1 Å². The summed E-state index contributed by atoms with van der Waals surface area (Å²) < 4.78 is 8.20. The number of H-pyrrole nitrogens is 1. The van der Waals surface area contributed by atoms with Crippen LogP contribution in [0.2, 0.25) is 0 Å². The smallest absolute Gasteiger partial charge is 0.169 e. The van der Waals surface area contributed by atoms with Crippen LogP contribution in [0.5, 0.6) is 5.75 Å². The van der Waals surface area contributed by atoms with Gasteiger partial charge in [0.1, 0.15) is 18.2 Å². The van der Waals surface area contributed by atoms with Crippen LogP contribution in [0.1, 0.15) is 11.4 Å². The fraction of sp³-hybridized carbons (Fsp3) is 0.167. The average molecular weight is 415 g/mol. The van der Waals surface area contributed by atoms with E-state index in [0.29, 0.717) is 6.61 Å². The van der Waals surface area contributed by atoms with Crippen molar-refractivity contribution in [3.05, 3.63) is 84.2 Å². The van der Waals surface area contributed by atoms with Crippen LogP contribution < -0.4 is 4.74 Å². The standard InChI is InChI=1S/C24H22N4OS/c1-17-10-12-18(13-11-17)29-15-14-28-22-9-5-4-8-21(22)27-24(28)30-16-23-25-19-6-2-3-7-20(19)26-23/h2-13H,14-16H2,1H3,(H,25,26). The maximum absolute atomic E-state index is 5.96. The van der Waals surface area contributed by atoms with Crippen molar-refractivity contribution in [2.75, 3.05) is 6.61 Å². The van der Waals surface area contributed by atoms with Gasteiger partial charge in [-0.05, 0) is 43.3 Å². The van der Waals surface area contributed by atoms with Crippen LogP contribution in [0.15, 0.2) is 78.0 Å². The molecule has 0 saturated carbocycles. The third-order valence-electron chi connectivity index (χ3n) is 5.00. The lowest BCUT2D eigenvalue weighted by atomic mass is 10.2. The zero-order chi connectivity index (χ0) is 20.3. The molecule has 0 spiro atoms. The summed E-state index contributed by atoms with van der Waals surface area (Å²) in [6, 6.07) is 24.5. The van der Waals surface area contributed by atoms with Crippen LogP contribution in [0.4, 0.5) is 0 Å². The van der Waals surface area contributed by atoms with Crippen LogP contribution in [0, 0.1) is 6.92 Å². The summed E-state index contributed by atoms with van der Waals surface area (Å²) in [7, 11) is 0. The van der Waals surface area contributed by atoms with E-state index < -0.39 is 0 Å². The van der Waals surface area contributed by atoms with E-state index in [0.717, 1.165) is 51.1 Å². The van der Waals surface area contributed by atoms with Gasteiger partial charge in [0.25, 0.3) is 0 Å². The number of imidazole rings is 2. The van der Waals surface area contributed by atoms with Gasteiger partial charge >= 0.3 is 0 Å². The molecule has 6 heteroatoms. The number of para-hydroxylation sites is 4. The lowest BCUT2D eigenvalue weighted by Gasteiger charge is -2.10. The van der Waals surface area contributed by atoms with Crippen LogP contribution >= 0.6 is 11.8 Å². The Labute approximate surface area is 179 Å². The first kappa shape index (κ1) is 18.8. The second-order valence-electron chi connectivity index (χ2n) is 7.19. The van der Waals surface area contributed by atoms with Gasteiger partial charge < -0.3 is 14.3 Å². The number of nitrogens with one attached hydrogen (secondary N) is 1. The van der Waals surface area contributed by atoms with Gasteiger partial charge in [0.05, 0.1) is 34.4 Å². The van der Waals surface area contributed by atoms with E-state index in [2.05, 4.69) is 51.8 Å². The summed E-state index contributed by atoms with van der Waals surface area (Å²) in [6.45, 7) is 3.39. The van der Waals surface area contributed by atoms with Gasteiger partial charge in [0.2, 0.25) is 0 Å². The molecule has 5 aromatic rings. The lowest BCUT2D eigenvalue weighted by molar-refractivity contribution is 0.295. The number of fused-ring (bicyclic) bond motifs is 2. The molecule has 30 heavy (non-hydrogen) atoms. The molecule has 150 valence electrons. The molecule has 0 radical (unpaired) electrons. The van der Waals surface area contributed by atoms with Crippen LogP contribution in [-0.4, -0.2) is 26.1 Å². The first-order chi connectivity index (χ1) is 14.8. The normalized spacial score (nSPS) is 11.4. The van der Waals surface area contributed by atoms with Crippen molar-refractivity contribution in [2.45, 2.75) is 24.4 Å². The molecule has 2 aromatic heterocycles. The number of ether oxygens (including phenoxy) is 1. The summed E-state index contributed by atoms with van der Waals surface area (Å²) in [6.07, 6.45) is 0. The highest BCUT2D eigenvalue weighted by molar-refractivity contribution is 7.98. The van der Waals surface area contributed by atoms with Crippen molar-refractivity contribution < 1.29 is 4.74 Å². The fourth-order valence-corrected chi connectivity index (χ4v) is 4.39. The summed E-state index contributed by atoms with van der Waals surface area (Å²) in [4.78, 5) is 12.9. The van der Waals surface area contributed by atoms with E-state index in [1.807, 2.05) is 42.5 Å². The Morgan fingerprint density at radius 1 is 0.900 bits per heavy atom. The third-order valence-corrected chi connectivity index (χ3v) is 5.99. The minimum atomic E-state index is 0.585. The molecule has 0 aliphatic carbocycles. The SMILES string of the molecule is Cc1ccc(OCCn2c(SCc3nc4ccccc4[nH]3)nc3ccccc32)cc1. The van der Waals surface area contributed by atoms with Crippen LogP contribution in [0.3, 0.4) is 0 Å². The first-order valence-electron chi connectivity index (χ1n) is 9.97. The summed E-state index contributed by atoms with van der Waals surface area (Å²) >= 11 is 1.69. The molecule has 5 nitrogen and oxygen atoms in total. The molecule has 0 amide bonds. The van der Waals surface area contributed by atoms with E-state index in [4.69, 9.17) is 9.72 Å². The Kier molecular flexibility index (Phi) is 5.15. The molecular weight excluding hydrogens is 392 g/mol. The fourth-order valence-electron chi connectivity index (χ4n) is 3.48. The molecule has 0 aliphatic rings. The maximum atomic E-state index is 5.96. The number of aromatic amines is 1. The number of hydrogen-bond acceptors (Lipinski definition) is 4. The summed E-state index contributed by atoms with van der Waals surface area (Å²) in [5.74, 6) is 2.58. The zero-order valence-electron chi connectivity index (χ0n) is 16.7. The minimum Gasteiger partial charge on any atom is -0.492 e. The highest BCUT2D eigenvalue weighted by atomic mass is 32.2. The Morgan fingerprint density at radius 2 is 1.67 bits per heavy atom. The number of aryl methyl sites for hydroxylation is 1. The predicted molar refractivity (Wildman–Crippen MR) is 122 cm³/mol. The van der Waals surface area contributed by atoms with Crippen molar-refractivity contribution >= 4 is 33.8 Å². The molecule has 5 rings (SSSR count). The number of nitrogens with zero attached hydrogens (tertiary/aromatic N) is 3. The largest absolute Gasteiger partial charge is 0.492 e. The number of rotatable bonds is 7. The molecule has 0 bridgehead atoms. The van der Waals surface area contributed by atoms with E-state index in [1.54, 1.807) is 11.8 Å². The van der Waals surface area contributed by atoms with Gasteiger partial charge in [0.15, 0.2) is 5.16 Å². The Balaban J connectivity index is 1.34. The lowest BCUT2D eigenvalue weighted by Crippen LogP contribution is -2.09. The number of aromatic nitrogens is 4. The second kappa shape index (κ2) is 8.24. The molecule has 0 atom stereocenters. The summed E-state index contributed by atoms with van der Waals surface area (Å²) in [5, 5.41) is 0.976. The van der Waals surface area contributed by atoms with Gasteiger partial charge in [-0.2, -0.15) is 0 Å². The van der Waals surface area contributed by atoms with Gasteiger partial charge in [-0.25, -0.2) is 9.97 Å².